The second kappa shape index (κ2) is 5.76. The van der Waals surface area contributed by atoms with Crippen LogP contribution in [0, 0.1) is 0 Å². The van der Waals surface area contributed by atoms with Crippen LogP contribution in [0.15, 0.2) is 24.3 Å². The molecule has 3 rings (SSSR count). The minimum absolute atomic E-state index is 0.432. The van der Waals surface area contributed by atoms with Crippen molar-refractivity contribution in [2.75, 3.05) is 7.05 Å². The van der Waals surface area contributed by atoms with Gasteiger partial charge in [0.1, 0.15) is 5.75 Å². The van der Waals surface area contributed by atoms with Crippen LogP contribution in [-0.2, 0) is 25.9 Å². The van der Waals surface area contributed by atoms with Crippen LogP contribution in [0.2, 0.25) is 4.34 Å². The molecule has 1 aromatic heterocycles. The topological polar surface area (TPSA) is 23.5 Å². The molecule has 0 saturated carbocycles. The summed E-state index contributed by atoms with van der Waals surface area (Å²) in [7, 11) is 2.07. The smallest absolute Gasteiger partial charge is 0.120 e. The van der Waals surface area contributed by atoms with Gasteiger partial charge in [-0.15, -0.1) is 11.3 Å². The average molecular weight is 308 g/mol. The molecule has 1 heterocycles. The van der Waals surface area contributed by atoms with Gasteiger partial charge in [-0.1, -0.05) is 17.7 Å². The van der Waals surface area contributed by atoms with Crippen molar-refractivity contribution in [2.24, 2.45) is 0 Å². The largest absolute Gasteiger partial charge is 0.508 e. The summed E-state index contributed by atoms with van der Waals surface area (Å²) in [5, 5.41) is 10.1. The van der Waals surface area contributed by atoms with E-state index in [1.807, 2.05) is 12.1 Å². The highest BCUT2D eigenvalue weighted by Crippen LogP contribution is 2.30. The van der Waals surface area contributed by atoms with Gasteiger partial charge >= 0.3 is 0 Å². The van der Waals surface area contributed by atoms with Crippen molar-refractivity contribution in [2.45, 2.75) is 32.4 Å². The lowest BCUT2D eigenvalue weighted by Crippen LogP contribution is -2.16. The minimum atomic E-state index is 0.432. The maximum absolute atomic E-state index is 10.1. The van der Waals surface area contributed by atoms with Crippen molar-refractivity contribution in [3.8, 4) is 5.75 Å². The van der Waals surface area contributed by atoms with Crippen LogP contribution in [0.5, 0.6) is 5.75 Å². The Bertz CT molecular complexity index is 623. The van der Waals surface area contributed by atoms with Crippen molar-refractivity contribution in [1.29, 1.82) is 0 Å². The second-order valence-corrected chi connectivity index (χ2v) is 7.28. The standard InChI is InChI=1S/C16H18ClNOS/c1-18(10-14-5-6-16(17)20-14)9-13-7-11-3-2-4-12(11)8-15(13)19/h5-8,19H,2-4,9-10H2,1H3. The van der Waals surface area contributed by atoms with Gasteiger partial charge in [0.15, 0.2) is 0 Å². The maximum atomic E-state index is 10.1. The predicted octanol–water partition coefficient (Wildman–Crippen LogP) is 4.23. The van der Waals surface area contributed by atoms with E-state index >= 15 is 0 Å². The SMILES string of the molecule is CN(Cc1ccc(Cl)s1)Cc1cc2c(cc1O)CCC2. The monoisotopic (exact) mass is 307 g/mol. The first-order valence-electron chi connectivity index (χ1n) is 6.88. The number of hydrogen-bond acceptors (Lipinski definition) is 3. The van der Waals surface area contributed by atoms with Crippen LogP contribution < -0.4 is 0 Å². The van der Waals surface area contributed by atoms with E-state index < -0.39 is 0 Å². The first-order valence-corrected chi connectivity index (χ1v) is 8.07. The molecule has 1 aliphatic rings. The van der Waals surface area contributed by atoms with Crippen LogP contribution in [0.3, 0.4) is 0 Å². The number of phenolic OH excluding ortho intramolecular Hbond substituents is 1. The molecule has 0 unspecified atom stereocenters. The van der Waals surface area contributed by atoms with Gasteiger partial charge in [-0.3, -0.25) is 4.90 Å². The van der Waals surface area contributed by atoms with E-state index in [9.17, 15) is 5.11 Å². The molecular formula is C16H18ClNOS. The van der Waals surface area contributed by atoms with Gasteiger partial charge in [0, 0.05) is 23.5 Å². The van der Waals surface area contributed by atoms with E-state index in [4.69, 9.17) is 11.6 Å². The van der Waals surface area contributed by atoms with E-state index in [2.05, 4.69) is 24.1 Å². The fraction of sp³-hybridized carbons (Fsp3) is 0.375. The Morgan fingerprint density at radius 1 is 1.20 bits per heavy atom. The Balaban J connectivity index is 1.71. The molecule has 0 spiro atoms. The highest BCUT2D eigenvalue weighted by Gasteiger charge is 2.15. The quantitative estimate of drug-likeness (QED) is 0.914. The third kappa shape index (κ3) is 3.00. The molecule has 1 aromatic carbocycles. The van der Waals surface area contributed by atoms with Gasteiger partial charge in [-0.25, -0.2) is 0 Å². The summed E-state index contributed by atoms with van der Waals surface area (Å²) in [5.41, 5.74) is 3.75. The zero-order valence-electron chi connectivity index (χ0n) is 11.5. The van der Waals surface area contributed by atoms with E-state index in [-0.39, 0.29) is 0 Å². The lowest BCUT2D eigenvalue weighted by Gasteiger charge is -2.17. The van der Waals surface area contributed by atoms with Crippen LogP contribution >= 0.6 is 22.9 Å². The Kier molecular flexibility index (Phi) is 4.01. The molecule has 2 nitrogen and oxygen atoms in total. The molecule has 0 amide bonds. The lowest BCUT2D eigenvalue weighted by atomic mass is 10.0. The Morgan fingerprint density at radius 3 is 2.65 bits per heavy atom. The molecule has 106 valence electrons. The highest BCUT2D eigenvalue weighted by atomic mass is 35.5. The number of thiophene rings is 1. The lowest BCUT2D eigenvalue weighted by molar-refractivity contribution is 0.315. The van der Waals surface area contributed by atoms with Gasteiger partial charge in [0.05, 0.1) is 4.34 Å². The molecule has 1 aliphatic carbocycles. The molecule has 20 heavy (non-hydrogen) atoms. The fourth-order valence-corrected chi connectivity index (χ4v) is 4.01. The number of hydrogen-bond donors (Lipinski definition) is 1. The zero-order valence-corrected chi connectivity index (χ0v) is 13.1. The number of benzene rings is 1. The van der Waals surface area contributed by atoms with Crippen LogP contribution in [0.25, 0.3) is 0 Å². The van der Waals surface area contributed by atoms with Gasteiger partial charge in [0.2, 0.25) is 0 Å². The number of phenols is 1. The first-order chi connectivity index (χ1) is 9.61. The van der Waals surface area contributed by atoms with Gasteiger partial charge < -0.3 is 5.11 Å². The number of aromatic hydroxyl groups is 1. The van der Waals surface area contributed by atoms with E-state index in [1.54, 1.807) is 11.3 Å². The van der Waals surface area contributed by atoms with E-state index in [1.165, 1.54) is 22.4 Å². The summed E-state index contributed by atoms with van der Waals surface area (Å²) >= 11 is 7.57. The molecule has 0 atom stereocenters. The molecule has 4 heteroatoms. The van der Waals surface area contributed by atoms with Crippen LogP contribution in [0.4, 0.5) is 0 Å². The highest BCUT2D eigenvalue weighted by molar-refractivity contribution is 7.16. The van der Waals surface area contributed by atoms with E-state index in [0.717, 1.165) is 35.8 Å². The summed E-state index contributed by atoms with van der Waals surface area (Å²) in [6.45, 7) is 1.61. The molecule has 0 fully saturated rings. The second-order valence-electron chi connectivity index (χ2n) is 5.48. The molecular weight excluding hydrogens is 290 g/mol. The maximum Gasteiger partial charge on any atom is 0.120 e. The number of halogens is 1. The summed E-state index contributed by atoms with van der Waals surface area (Å²) in [6.07, 6.45) is 3.46. The first kappa shape index (κ1) is 13.9. The molecule has 0 saturated heterocycles. The van der Waals surface area contributed by atoms with Crippen molar-refractivity contribution in [3.05, 3.63) is 50.2 Å². The average Bonchev–Trinajstić information content (AvgIpc) is 2.98. The molecule has 1 N–H and O–H groups in total. The zero-order chi connectivity index (χ0) is 14.1. The van der Waals surface area contributed by atoms with Gasteiger partial charge in [-0.05, 0) is 55.6 Å². The Morgan fingerprint density at radius 2 is 1.95 bits per heavy atom. The minimum Gasteiger partial charge on any atom is -0.508 e. The molecule has 0 bridgehead atoms. The Hall–Kier alpha value is -1.03. The van der Waals surface area contributed by atoms with Crippen LogP contribution in [0.1, 0.15) is 28.0 Å². The fourth-order valence-electron chi connectivity index (χ4n) is 2.84. The summed E-state index contributed by atoms with van der Waals surface area (Å²) < 4.78 is 0.828. The van der Waals surface area contributed by atoms with Crippen molar-refractivity contribution in [3.63, 3.8) is 0 Å². The molecule has 0 radical (unpaired) electrons. The van der Waals surface area contributed by atoms with E-state index in [0.29, 0.717) is 5.75 Å². The summed E-state index contributed by atoms with van der Waals surface area (Å²) in [6, 6.07) is 8.12. The third-order valence-corrected chi connectivity index (χ3v) is 5.00. The summed E-state index contributed by atoms with van der Waals surface area (Å²) in [5.74, 6) is 0.432. The third-order valence-electron chi connectivity index (χ3n) is 3.79. The van der Waals surface area contributed by atoms with Crippen molar-refractivity contribution < 1.29 is 5.11 Å². The summed E-state index contributed by atoms with van der Waals surface area (Å²) in [4.78, 5) is 3.46. The van der Waals surface area contributed by atoms with Crippen molar-refractivity contribution in [1.82, 2.24) is 4.90 Å². The normalized spacial score (nSPS) is 13.9. The number of aryl methyl sites for hydroxylation is 2. The number of rotatable bonds is 4. The number of fused-ring (bicyclic) bond motifs is 1. The molecule has 0 aliphatic heterocycles. The molecule has 2 aromatic rings. The van der Waals surface area contributed by atoms with Crippen LogP contribution in [-0.4, -0.2) is 17.1 Å². The predicted molar refractivity (Wildman–Crippen MR) is 84.6 cm³/mol. The van der Waals surface area contributed by atoms with Gasteiger partial charge in [-0.2, -0.15) is 0 Å². The van der Waals surface area contributed by atoms with Crippen molar-refractivity contribution >= 4 is 22.9 Å². The van der Waals surface area contributed by atoms with Gasteiger partial charge in [0.25, 0.3) is 0 Å². The number of nitrogens with zero attached hydrogens (tertiary/aromatic N) is 1. The Labute approximate surface area is 128 Å².